The number of hydrogen-bond donors (Lipinski definition) is 1. The van der Waals surface area contributed by atoms with Gasteiger partial charge in [-0.1, -0.05) is 19.1 Å². The minimum absolute atomic E-state index is 0.521. The Bertz CT molecular complexity index is 125. The molecule has 0 bridgehead atoms. The van der Waals surface area contributed by atoms with Crippen molar-refractivity contribution in [3.05, 3.63) is 12.2 Å². The number of aliphatic hydroxyl groups is 1. The zero-order valence-electron chi connectivity index (χ0n) is 6.09. The van der Waals surface area contributed by atoms with Gasteiger partial charge in [-0.15, -0.1) is 0 Å². The Kier molecular flexibility index (Phi) is 1.62. The predicted molar refractivity (Wildman–Crippen MR) is 38.2 cm³/mol. The lowest BCUT2D eigenvalue weighted by Crippen LogP contribution is -2.24. The van der Waals surface area contributed by atoms with Crippen LogP contribution in [0.5, 0.6) is 0 Å². The molecule has 0 aromatic carbocycles. The van der Waals surface area contributed by atoms with Gasteiger partial charge in [0.1, 0.15) is 0 Å². The van der Waals surface area contributed by atoms with E-state index in [0.29, 0.717) is 5.92 Å². The summed E-state index contributed by atoms with van der Waals surface area (Å²) in [5, 5.41) is 9.41. The van der Waals surface area contributed by atoms with E-state index in [9.17, 15) is 5.11 Å². The summed E-state index contributed by atoms with van der Waals surface area (Å²) >= 11 is 0. The lowest BCUT2D eigenvalue weighted by molar-refractivity contribution is 0.0893. The van der Waals surface area contributed by atoms with Crippen LogP contribution in [-0.2, 0) is 0 Å². The van der Waals surface area contributed by atoms with Crippen molar-refractivity contribution in [2.24, 2.45) is 5.92 Å². The third-order valence-corrected chi connectivity index (χ3v) is 1.89. The molecule has 0 amide bonds. The molecule has 52 valence electrons. The van der Waals surface area contributed by atoms with Crippen molar-refractivity contribution in [3.8, 4) is 0 Å². The Morgan fingerprint density at radius 2 is 2.33 bits per heavy atom. The summed E-state index contributed by atoms with van der Waals surface area (Å²) in [6.07, 6.45) is 6.01. The van der Waals surface area contributed by atoms with Crippen LogP contribution < -0.4 is 0 Å². The van der Waals surface area contributed by atoms with Crippen LogP contribution >= 0.6 is 0 Å². The highest BCUT2D eigenvalue weighted by Crippen LogP contribution is 2.24. The summed E-state index contributed by atoms with van der Waals surface area (Å²) in [6, 6.07) is 0. The second-order valence-electron chi connectivity index (χ2n) is 3.23. The summed E-state index contributed by atoms with van der Waals surface area (Å²) in [5.74, 6) is 0.658. The second kappa shape index (κ2) is 2.14. The van der Waals surface area contributed by atoms with Gasteiger partial charge in [-0.2, -0.15) is 0 Å². The molecule has 9 heavy (non-hydrogen) atoms. The largest absolute Gasteiger partial charge is 0.386 e. The normalized spacial score (nSPS) is 43.2. The molecular formula is C8H14O. The van der Waals surface area contributed by atoms with E-state index in [2.05, 4.69) is 13.0 Å². The van der Waals surface area contributed by atoms with Crippen molar-refractivity contribution >= 4 is 0 Å². The SMILES string of the molecule is CC1C=CC(C)(O)CC1. The van der Waals surface area contributed by atoms with E-state index in [1.165, 1.54) is 0 Å². The van der Waals surface area contributed by atoms with Crippen molar-refractivity contribution in [1.29, 1.82) is 0 Å². The lowest BCUT2D eigenvalue weighted by atomic mass is 9.88. The molecule has 1 aliphatic rings. The van der Waals surface area contributed by atoms with Crippen molar-refractivity contribution in [1.82, 2.24) is 0 Å². The van der Waals surface area contributed by atoms with Crippen molar-refractivity contribution in [2.45, 2.75) is 32.3 Å². The fourth-order valence-electron chi connectivity index (χ4n) is 1.07. The van der Waals surface area contributed by atoms with Gasteiger partial charge in [-0.05, 0) is 25.7 Å². The quantitative estimate of drug-likeness (QED) is 0.490. The number of hydrogen-bond acceptors (Lipinski definition) is 1. The molecule has 0 heterocycles. The molecule has 1 rings (SSSR count). The van der Waals surface area contributed by atoms with Crippen LogP contribution in [0.2, 0.25) is 0 Å². The van der Waals surface area contributed by atoms with E-state index >= 15 is 0 Å². The van der Waals surface area contributed by atoms with Gasteiger partial charge >= 0.3 is 0 Å². The fourth-order valence-corrected chi connectivity index (χ4v) is 1.07. The molecule has 0 aromatic rings. The lowest BCUT2D eigenvalue weighted by Gasteiger charge is -2.25. The smallest absolute Gasteiger partial charge is 0.0800 e. The van der Waals surface area contributed by atoms with E-state index in [1.54, 1.807) is 0 Å². The van der Waals surface area contributed by atoms with Crippen LogP contribution in [0, 0.1) is 5.92 Å². The Morgan fingerprint density at radius 1 is 1.67 bits per heavy atom. The van der Waals surface area contributed by atoms with Gasteiger partial charge in [-0.25, -0.2) is 0 Å². The third kappa shape index (κ3) is 1.83. The molecule has 2 atom stereocenters. The summed E-state index contributed by atoms with van der Waals surface area (Å²) < 4.78 is 0. The first-order valence-corrected chi connectivity index (χ1v) is 3.52. The number of rotatable bonds is 0. The van der Waals surface area contributed by atoms with Crippen LogP contribution in [0.15, 0.2) is 12.2 Å². The Labute approximate surface area is 56.4 Å². The molecule has 0 aliphatic heterocycles. The molecule has 0 aromatic heterocycles. The minimum Gasteiger partial charge on any atom is -0.386 e. The van der Waals surface area contributed by atoms with Crippen molar-refractivity contribution in [2.75, 3.05) is 0 Å². The van der Waals surface area contributed by atoms with Crippen LogP contribution in [0.1, 0.15) is 26.7 Å². The van der Waals surface area contributed by atoms with Gasteiger partial charge in [-0.3, -0.25) is 0 Å². The van der Waals surface area contributed by atoms with Gasteiger partial charge in [0.25, 0.3) is 0 Å². The summed E-state index contributed by atoms with van der Waals surface area (Å²) in [7, 11) is 0. The van der Waals surface area contributed by atoms with Gasteiger partial charge in [0, 0.05) is 0 Å². The highest BCUT2D eigenvalue weighted by molar-refractivity contribution is 5.04. The first kappa shape index (κ1) is 6.81. The van der Waals surface area contributed by atoms with E-state index in [1.807, 2.05) is 13.0 Å². The molecule has 1 nitrogen and oxygen atoms in total. The first-order chi connectivity index (χ1) is 4.10. The van der Waals surface area contributed by atoms with Gasteiger partial charge in [0.15, 0.2) is 0 Å². The average Bonchev–Trinajstić information content (AvgIpc) is 1.78. The first-order valence-electron chi connectivity index (χ1n) is 3.52. The molecule has 0 saturated heterocycles. The molecule has 2 unspecified atom stereocenters. The second-order valence-corrected chi connectivity index (χ2v) is 3.23. The van der Waals surface area contributed by atoms with E-state index < -0.39 is 5.60 Å². The van der Waals surface area contributed by atoms with E-state index in [4.69, 9.17) is 0 Å². The molecule has 1 aliphatic carbocycles. The maximum Gasteiger partial charge on any atom is 0.0800 e. The standard InChI is InChI=1S/C8H14O/c1-7-3-5-8(2,9)6-4-7/h3,5,7,9H,4,6H2,1-2H3. The van der Waals surface area contributed by atoms with Gasteiger partial charge in [0.2, 0.25) is 0 Å². The van der Waals surface area contributed by atoms with Crippen molar-refractivity contribution < 1.29 is 5.11 Å². The minimum atomic E-state index is -0.521. The molecule has 0 fully saturated rings. The highest BCUT2D eigenvalue weighted by atomic mass is 16.3. The van der Waals surface area contributed by atoms with Crippen molar-refractivity contribution in [3.63, 3.8) is 0 Å². The topological polar surface area (TPSA) is 20.2 Å². The molecular weight excluding hydrogens is 112 g/mol. The summed E-state index contributed by atoms with van der Waals surface area (Å²) in [5.41, 5.74) is -0.521. The average molecular weight is 126 g/mol. The zero-order valence-corrected chi connectivity index (χ0v) is 6.09. The third-order valence-electron chi connectivity index (χ3n) is 1.89. The highest BCUT2D eigenvalue weighted by Gasteiger charge is 2.20. The van der Waals surface area contributed by atoms with Gasteiger partial charge < -0.3 is 5.11 Å². The maximum atomic E-state index is 9.41. The Hall–Kier alpha value is -0.300. The van der Waals surface area contributed by atoms with Crippen LogP contribution in [0.3, 0.4) is 0 Å². The summed E-state index contributed by atoms with van der Waals surface area (Å²) in [4.78, 5) is 0. The number of allylic oxidation sites excluding steroid dienone is 1. The Morgan fingerprint density at radius 3 is 2.67 bits per heavy atom. The van der Waals surface area contributed by atoms with Gasteiger partial charge in [0.05, 0.1) is 5.60 Å². The molecule has 0 spiro atoms. The van der Waals surface area contributed by atoms with Crippen LogP contribution in [0.4, 0.5) is 0 Å². The van der Waals surface area contributed by atoms with E-state index in [-0.39, 0.29) is 0 Å². The molecule has 1 heteroatoms. The monoisotopic (exact) mass is 126 g/mol. The zero-order chi connectivity index (χ0) is 6.91. The maximum absolute atomic E-state index is 9.41. The summed E-state index contributed by atoms with van der Waals surface area (Å²) in [6.45, 7) is 4.03. The predicted octanol–water partition coefficient (Wildman–Crippen LogP) is 1.72. The molecule has 0 saturated carbocycles. The van der Waals surface area contributed by atoms with Crippen LogP contribution in [-0.4, -0.2) is 10.7 Å². The Balaban J connectivity index is 2.58. The van der Waals surface area contributed by atoms with E-state index in [0.717, 1.165) is 12.8 Å². The molecule has 1 N–H and O–H groups in total. The van der Waals surface area contributed by atoms with Crippen LogP contribution in [0.25, 0.3) is 0 Å². The molecule has 0 radical (unpaired) electrons. The fraction of sp³-hybridized carbons (Fsp3) is 0.750.